The summed E-state index contributed by atoms with van der Waals surface area (Å²) >= 11 is 0. The first kappa shape index (κ1) is 15.0. The van der Waals surface area contributed by atoms with Crippen molar-refractivity contribution in [2.24, 2.45) is 0 Å². The molecular formula is C17H27N. The highest BCUT2D eigenvalue weighted by molar-refractivity contribution is 5.63. The molecule has 0 atom stereocenters. The summed E-state index contributed by atoms with van der Waals surface area (Å²) in [5, 5.41) is 3.19. The molecule has 18 heavy (non-hydrogen) atoms. The van der Waals surface area contributed by atoms with Crippen molar-refractivity contribution in [2.45, 2.75) is 45.4 Å². The number of aryl methyl sites for hydroxylation is 1. The van der Waals surface area contributed by atoms with Crippen LogP contribution in [0.15, 0.2) is 30.8 Å². The minimum Gasteiger partial charge on any atom is -0.320 e. The summed E-state index contributed by atoms with van der Waals surface area (Å²) in [6.07, 6.45) is 7.33. The second kappa shape index (κ2) is 8.93. The topological polar surface area (TPSA) is 12.0 Å². The molecule has 0 saturated heterocycles. The van der Waals surface area contributed by atoms with Gasteiger partial charge < -0.3 is 5.32 Å². The number of hydrogen-bond donors (Lipinski definition) is 1. The predicted molar refractivity (Wildman–Crippen MR) is 81.9 cm³/mol. The number of unbranched alkanes of at least 4 members (excludes halogenated alkanes) is 2. The molecule has 0 radical (unpaired) electrons. The molecule has 0 aliphatic heterocycles. The van der Waals surface area contributed by atoms with Crippen molar-refractivity contribution in [3.63, 3.8) is 0 Å². The molecule has 0 aliphatic rings. The van der Waals surface area contributed by atoms with E-state index in [0.717, 1.165) is 13.0 Å². The molecule has 0 heterocycles. The monoisotopic (exact) mass is 245 g/mol. The van der Waals surface area contributed by atoms with Gasteiger partial charge in [-0.2, -0.15) is 0 Å². The Balaban J connectivity index is 2.42. The lowest BCUT2D eigenvalue weighted by Crippen LogP contribution is -2.07. The van der Waals surface area contributed by atoms with Gasteiger partial charge in [0.25, 0.3) is 0 Å². The van der Waals surface area contributed by atoms with Gasteiger partial charge in [-0.25, -0.2) is 0 Å². The summed E-state index contributed by atoms with van der Waals surface area (Å²) in [7, 11) is 2.02. The first-order valence-electron chi connectivity index (χ1n) is 7.19. The third-order valence-corrected chi connectivity index (χ3v) is 3.28. The minimum atomic E-state index is 1.10. The number of benzene rings is 1. The van der Waals surface area contributed by atoms with Crippen LogP contribution < -0.4 is 5.32 Å². The fraction of sp³-hybridized carbons (Fsp3) is 0.529. The van der Waals surface area contributed by atoms with Gasteiger partial charge in [-0.1, -0.05) is 50.6 Å². The molecule has 1 N–H and O–H groups in total. The van der Waals surface area contributed by atoms with E-state index in [1.165, 1.54) is 48.8 Å². The van der Waals surface area contributed by atoms with E-state index in [0.29, 0.717) is 0 Å². The molecule has 1 aromatic carbocycles. The summed E-state index contributed by atoms with van der Waals surface area (Å²) in [6.45, 7) is 7.51. The van der Waals surface area contributed by atoms with Crippen molar-refractivity contribution >= 4 is 5.57 Å². The van der Waals surface area contributed by atoms with Gasteiger partial charge in [-0.3, -0.25) is 0 Å². The molecule has 0 unspecified atom stereocenters. The van der Waals surface area contributed by atoms with Crippen LogP contribution >= 0.6 is 0 Å². The third kappa shape index (κ3) is 5.50. The largest absolute Gasteiger partial charge is 0.320 e. The molecule has 0 saturated carbocycles. The van der Waals surface area contributed by atoms with Gasteiger partial charge in [0.2, 0.25) is 0 Å². The number of nitrogens with one attached hydrogen (secondary N) is 1. The van der Waals surface area contributed by atoms with E-state index in [9.17, 15) is 0 Å². The van der Waals surface area contributed by atoms with Crippen LogP contribution in [0.5, 0.6) is 0 Å². The fourth-order valence-corrected chi connectivity index (χ4v) is 2.20. The highest BCUT2D eigenvalue weighted by Crippen LogP contribution is 2.19. The van der Waals surface area contributed by atoms with E-state index < -0.39 is 0 Å². The van der Waals surface area contributed by atoms with Gasteiger partial charge >= 0.3 is 0 Å². The first-order valence-corrected chi connectivity index (χ1v) is 7.19. The molecule has 1 heteroatoms. The van der Waals surface area contributed by atoms with Crippen LogP contribution in [0.2, 0.25) is 0 Å². The fourth-order valence-electron chi connectivity index (χ4n) is 2.20. The zero-order valence-electron chi connectivity index (χ0n) is 12.0. The standard InChI is InChI=1S/C17H27N/c1-4-9-15(2)17-12-8-11-16(14-17)10-6-5-7-13-18-3/h8,11-12,14,18H,2,4-7,9-10,13H2,1,3H3. The van der Waals surface area contributed by atoms with Crippen LogP contribution in [0, 0.1) is 0 Å². The predicted octanol–water partition coefficient (Wildman–Crippen LogP) is 4.43. The minimum absolute atomic E-state index is 1.10. The zero-order chi connectivity index (χ0) is 13.2. The quantitative estimate of drug-likeness (QED) is 0.635. The second-order valence-corrected chi connectivity index (χ2v) is 4.97. The molecule has 0 amide bonds. The van der Waals surface area contributed by atoms with Crippen molar-refractivity contribution in [3.05, 3.63) is 42.0 Å². The maximum Gasteiger partial charge on any atom is -0.00519 e. The smallest absolute Gasteiger partial charge is 0.00519 e. The molecule has 1 aromatic rings. The summed E-state index contributed by atoms with van der Waals surface area (Å²) in [4.78, 5) is 0. The van der Waals surface area contributed by atoms with Gasteiger partial charge in [0.1, 0.15) is 0 Å². The van der Waals surface area contributed by atoms with Crippen LogP contribution in [0.3, 0.4) is 0 Å². The molecule has 0 fully saturated rings. The Labute approximate surface area is 112 Å². The van der Waals surface area contributed by atoms with E-state index in [1.54, 1.807) is 0 Å². The van der Waals surface area contributed by atoms with E-state index in [2.05, 4.69) is 43.1 Å². The Morgan fingerprint density at radius 2 is 2.06 bits per heavy atom. The average Bonchev–Trinajstić information content (AvgIpc) is 2.39. The first-order chi connectivity index (χ1) is 8.77. The Morgan fingerprint density at radius 3 is 2.78 bits per heavy atom. The van der Waals surface area contributed by atoms with E-state index in [1.807, 2.05) is 7.05 Å². The lowest BCUT2D eigenvalue weighted by Gasteiger charge is -2.07. The average molecular weight is 245 g/mol. The molecule has 0 aromatic heterocycles. The van der Waals surface area contributed by atoms with Crippen molar-refractivity contribution in [1.29, 1.82) is 0 Å². The Kier molecular flexibility index (Phi) is 7.43. The van der Waals surface area contributed by atoms with Crippen molar-refractivity contribution < 1.29 is 0 Å². The molecule has 100 valence electrons. The lowest BCUT2D eigenvalue weighted by atomic mass is 9.99. The van der Waals surface area contributed by atoms with Crippen LogP contribution in [0.25, 0.3) is 5.57 Å². The summed E-state index contributed by atoms with van der Waals surface area (Å²) in [5.74, 6) is 0. The maximum absolute atomic E-state index is 4.17. The molecule has 0 spiro atoms. The molecule has 1 nitrogen and oxygen atoms in total. The number of allylic oxidation sites excluding steroid dienone is 1. The lowest BCUT2D eigenvalue weighted by molar-refractivity contribution is 0.642. The van der Waals surface area contributed by atoms with Crippen LogP contribution in [-0.2, 0) is 6.42 Å². The van der Waals surface area contributed by atoms with Crippen LogP contribution in [-0.4, -0.2) is 13.6 Å². The van der Waals surface area contributed by atoms with Crippen LogP contribution in [0.1, 0.15) is 50.2 Å². The van der Waals surface area contributed by atoms with Gasteiger partial charge in [0.15, 0.2) is 0 Å². The van der Waals surface area contributed by atoms with E-state index in [4.69, 9.17) is 0 Å². The van der Waals surface area contributed by atoms with Crippen LogP contribution in [0.4, 0.5) is 0 Å². The highest BCUT2D eigenvalue weighted by atomic mass is 14.8. The van der Waals surface area contributed by atoms with Crippen molar-refractivity contribution in [3.8, 4) is 0 Å². The van der Waals surface area contributed by atoms with Gasteiger partial charge in [0, 0.05) is 0 Å². The zero-order valence-corrected chi connectivity index (χ0v) is 12.0. The Hall–Kier alpha value is -1.08. The highest BCUT2D eigenvalue weighted by Gasteiger charge is 2.00. The summed E-state index contributed by atoms with van der Waals surface area (Å²) < 4.78 is 0. The molecule has 0 bridgehead atoms. The third-order valence-electron chi connectivity index (χ3n) is 3.28. The van der Waals surface area contributed by atoms with E-state index >= 15 is 0 Å². The van der Waals surface area contributed by atoms with Gasteiger partial charge in [-0.05, 0) is 56.0 Å². The normalized spacial score (nSPS) is 10.6. The Morgan fingerprint density at radius 1 is 1.22 bits per heavy atom. The van der Waals surface area contributed by atoms with Gasteiger partial charge in [-0.15, -0.1) is 0 Å². The SMILES string of the molecule is C=C(CCC)c1cccc(CCCCCNC)c1. The second-order valence-electron chi connectivity index (χ2n) is 4.97. The van der Waals surface area contributed by atoms with Gasteiger partial charge in [0.05, 0.1) is 0 Å². The molecule has 1 rings (SSSR count). The van der Waals surface area contributed by atoms with Crippen molar-refractivity contribution in [1.82, 2.24) is 5.32 Å². The van der Waals surface area contributed by atoms with E-state index in [-0.39, 0.29) is 0 Å². The summed E-state index contributed by atoms with van der Waals surface area (Å²) in [6, 6.07) is 8.90. The number of hydrogen-bond acceptors (Lipinski definition) is 1. The maximum atomic E-state index is 4.17. The molecular weight excluding hydrogens is 218 g/mol. The number of rotatable bonds is 9. The Bertz CT molecular complexity index is 354. The van der Waals surface area contributed by atoms with Crippen molar-refractivity contribution in [2.75, 3.05) is 13.6 Å². The summed E-state index contributed by atoms with van der Waals surface area (Å²) in [5.41, 5.74) is 4.05. The molecule has 0 aliphatic carbocycles.